The monoisotopic (exact) mass is 710 g/mol. The molecular formula is C40H41F3N6O3. The molecule has 4 aromatic rings. The number of hydrogen-bond acceptors (Lipinski definition) is 8. The second-order valence-electron chi connectivity index (χ2n) is 16.1. The largest absolute Gasteiger partial charge is 0.461 e. The Labute approximate surface area is 300 Å². The van der Waals surface area contributed by atoms with E-state index in [4.69, 9.17) is 30.8 Å². The third-order valence-corrected chi connectivity index (χ3v) is 11.8. The molecule has 0 aliphatic carbocycles. The lowest BCUT2D eigenvalue weighted by Gasteiger charge is -2.47. The van der Waals surface area contributed by atoms with Crippen LogP contribution in [0.15, 0.2) is 30.3 Å². The summed E-state index contributed by atoms with van der Waals surface area (Å²) in [6, 6.07) is 7.79. The van der Waals surface area contributed by atoms with Crippen LogP contribution in [0.4, 0.5) is 23.8 Å². The Bertz CT molecular complexity index is 2180. The van der Waals surface area contributed by atoms with Gasteiger partial charge in [0.15, 0.2) is 5.82 Å². The van der Waals surface area contributed by atoms with Crippen molar-refractivity contribution in [2.45, 2.75) is 101 Å². The van der Waals surface area contributed by atoms with Crippen LogP contribution in [0.5, 0.6) is 6.01 Å². The first-order chi connectivity index (χ1) is 24.9. The number of nitrogens with zero attached hydrogens (tertiary/aromatic N) is 6. The van der Waals surface area contributed by atoms with Crippen LogP contribution in [0.1, 0.15) is 70.6 Å². The van der Waals surface area contributed by atoms with E-state index in [1.54, 1.807) is 24.3 Å². The summed E-state index contributed by atoms with van der Waals surface area (Å²) in [7, 11) is 0. The van der Waals surface area contributed by atoms with Crippen molar-refractivity contribution in [1.82, 2.24) is 24.8 Å². The van der Waals surface area contributed by atoms with E-state index in [1.165, 1.54) is 6.07 Å². The van der Waals surface area contributed by atoms with Crippen molar-refractivity contribution in [2.24, 2.45) is 0 Å². The molecule has 0 unspecified atom stereocenters. The summed E-state index contributed by atoms with van der Waals surface area (Å²) in [6.07, 6.45) is 9.33. The smallest absolute Gasteiger partial charge is 0.410 e. The first-order valence-corrected chi connectivity index (χ1v) is 18.3. The number of carbonyl (C=O) groups is 1. The number of terminal acetylenes is 1. The number of anilines is 1. The van der Waals surface area contributed by atoms with E-state index in [9.17, 15) is 9.18 Å². The van der Waals surface area contributed by atoms with Crippen molar-refractivity contribution in [3.63, 3.8) is 0 Å². The van der Waals surface area contributed by atoms with Gasteiger partial charge in [-0.2, -0.15) is 9.97 Å². The zero-order valence-electron chi connectivity index (χ0n) is 29.6. The Morgan fingerprint density at radius 1 is 1.06 bits per heavy atom. The topological polar surface area (TPSA) is 83.9 Å². The van der Waals surface area contributed by atoms with Gasteiger partial charge in [-0.05, 0) is 77.3 Å². The summed E-state index contributed by atoms with van der Waals surface area (Å²) >= 11 is 0. The molecule has 0 saturated carbocycles. The van der Waals surface area contributed by atoms with Crippen LogP contribution in [0.3, 0.4) is 0 Å². The summed E-state index contributed by atoms with van der Waals surface area (Å²) in [4.78, 5) is 34.5. The Morgan fingerprint density at radius 3 is 2.71 bits per heavy atom. The zero-order valence-corrected chi connectivity index (χ0v) is 29.6. The fourth-order valence-corrected chi connectivity index (χ4v) is 9.69. The fourth-order valence-electron chi connectivity index (χ4n) is 9.69. The average molecular weight is 711 g/mol. The summed E-state index contributed by atoms with van der Waals surface area (Å²) in [6.45, 7) is 7.43. The van der Waals surface area contributed by atoms with Gasteiger partial charge in [0, 0.05) is 30.5 Å². The maximum absolute atomic E-state index is 17.3. The number of hydrogen-bond donors (Lipinski definition) is 0. The molecule has 2 aromatic heterocycles. The Morgan fingerprint density at radius 2 is 1.90 bits per heavy atom. The second-order valence-corrected chi connectivity index (χ2v) is 16.1. The van der Waals surface area contributed by atoms with Gasteiger partial charge >= 0.3 is 12.1 Å². The Kier molecular flexibility index (Phi) is 7.64. The predicted octanol–water partition coefficient (Wildman–Crippen LogP) is 6.96. The Balaban J connectivity index is 1.20. The van der Waals surface area contributed by atoms with Crippen molar-refractivity contribution in [3.05, 3.63) is 53.2 Å². The van der Waals surface area contributed by atoms with Gasteiger partial charge in [0.25, 0.3) is 0 Å². The number of pyridine rings is 1. The number of benzene rings is 2. The predicted molar refractivity (Wildman–Crippen MR) is 191 cm³/mol. The first-order valence-electron chi connectivity index (χ1n) is 18.3. The molecule has 2 bridgehead atoms. The van der Waals surface area contributed by atoms with Crippen molar-refractivity contribution in [2.75, 3.05) is 31.1 Å². The lowest BCUT2D eigenvalue weighted by atomic mass is 9.95. The van der Waals surface area contributed by atoms with Crippen LogP contribution < -0.4 is 9.64 Å². The van der Waals surface area contributed by atoms with E-state index in [0.717, 1.165) is 32.2 Å². The van der Waals surface area contributed by atoms with Gasteiger partial charge in [-0.1, -0.05) is 30.2 Å². The van der Waals surface area contributed by atoms with Gasteiger partial charge in [-0.3, -0.25) is 9.80 Å². The van der Waals surface area contributed by atoms with Crippen LogP contribution in [0, 0.1) is 24.0 Å². The van der Waals surface area contributed by atoms with Crippen LogP contribution in [0.2, 0.25) is 0 Å². The minimum absolute atomic E-state index is 0.00359. The molecule has 4 fully saturated rings. The second kappa shape index (κ2) is 12.0. The maximum atomic E-state index is 17.3. The van der Waals surface area contributed by atoms with E-state index < -0.39 is 28.9 Å². The highest BCUT2D eigenvalue weighted by Crippen LogP contribution is 2.46. The van der Waals surface area contributed by atoms with Crippen molar-refractivity contribution in [1.29, 1.82) is 0 Å². The summed E-state index contributed by atoms with van der Waals surface area (Å²) < 4.78 is 59.3. The molecule has 7 heterocycles. The van der Waals surface area contributed by atoms with Gasteiger partial charge in [-0.15, -0.1) is 6.42 Å². The van der Waals surface area contributed by atoms with Gasteiger partial charge < -0.3 is 14.4 Å². The molecule has 270 valence electrons. The number of amides is 1. The highest BCUT2D eigenvalue weighted by atomic mass is 19.1. The lowest BCUT2D eigenvalue weighted by molar-refractivity contribution is 0.00720. The number of aryl methyl sites for hydroxylation is 1. The van der Waals surface area contributed by atoms with Crippen LogP contribution in [0.25, 0.3) is 32.9 Å². The van der Waals surface area contributed by atoms with Gasteiger partial charge in [0.2, 0.25) is 0 Å². The highest BCUT2D eigenvalue weighted by Gasteiger charge is 2.52. The van der Waals surface area contributed by atoms with E-state index in [-0.39, 0.29) is 53.6 Å². The number of ether oxygens (including phenoxy) is 2. The molecule has 0 radical (unpaired) electrons. The van der Waals surface area contributed by atoms with Crippen molar-refractivity contribution < 1.29 is 27.4 Å². The van der Waals surface area contributed by atoms with Crippen molar-refractivity contribution >= 4 is 33.6 Å². The molecule has 2 aromatic carbocycles. The van der Waals surface area contributed by atoms with Crippen LogP contribution in [-0.2, 0) is 11.2 Å². The molecule has 5 aliphatic rings. The van der Waals surface area contributed by atoms with Gasteiger partial charge in [-0.25, -0.2) is 22.9 Å². The maximum Gasteiger partial charge on any atom is 0.410 e. The molecule has 52 heavy (non-hydrogen) atoms. The molecule has 9 nitrogen and oxygen atoms in total. The number of piperazine rings is 1. The number of carbonyl (C=O) groups excluding carboxylic acids is 1. The molecule has 5 aliphatic heterocycles. The molecule has 0 spiro atoms. The molecule has 9 rings (SSSR count). The third-order valence-electron chi connectivity index (χ3n) is 11.8. The summed E-state index contributed by atoms with van der Waals surface area (Å²) in [5, 5.41) is 1.55. The minimum Gasteiger partial charge on any atom is -0.461 e. The number of aromatic nitrogens is 3. The Hall–Kier alpha value is -4.63. The molecular weight excluding hydrogens is 669 g/mol. The molecule has 0 N–H and O–H groups in total. The first kappa shape index (κ1) is 33.2. The number of fused-ring (bicyclic) bond motifs is 7. The highest BCUT2D eigenvalue weighted by molar-refractivity contribution is 6.03. The SMILES string of the molecule is C#Cc1c(F)ccc2cccc(-c3nc4c5c(nc(OC[C@@]67CCCN6C[C@H](F)C7)nc5c3F)N3C[C@H]5CC[C@@H]([C@@H]3CC4)N5C(=O)OC(C)(C)C)c12. The number of alkyl halides is 1. The third kappa shape index (κ3) is 5.18. The molecule has 5 atom stereocenters. The van der Waals surface area contributed by atoms with E-state index in [0.29, 0.717) is 65.6 Å². The summed E-state index contributed by atoms with van der Waals surface area (Å²) in [5.41, 5.74) is -0.0388. The molecule has 12 heteroatoms. The lowest BCUT2D eigenvalue weighted by Crippen LogP contribution is -2.62. The minimum atomic E-state index is -0.935. The molecule has 4 saturated heterocycles. The molecule has 1 amide bonds. The van der Waals surface area contributed by atoms with Crippen molar-refractivity contribution in [3.8, 4) is 29.6 Å². The number of rotatable bonds is 4. The van der Waals surface area contributed by atoms with E-state index >= 15 is 8.78 Å². The standard InChI is InChI=1S/C40H41F3N6O3/c1-5-25-27(42)12-10-22-8-6-9-26(31(22)25)34-33(43)35-32-28(44-34)13-15-29-30-14-11-24(49(30)38(50)52-39(2,3)4)20-48(29)36(32)46-37(45-35)51-21-40-16-7-17-47(40)19-23(41)18-40/h1,6,8-10,12,23-24,29-30H,7,11,13-21H2,2-4H3/t23-,24-,29+,30+,40+/m1/s1. The van der Waals surface area contributed by atoms with Gasteiger partial charge in [0.1, 0.15) is 41.2 Å². The van der Waals surface area contributed by atoms with Gasteiger partial charge in [0.05, 0.1) is 40.3 Å². The average Bonchev–Trinajstić information content (AvgIpc) is 3.71. The normalized spacial score (nSPS) is 26.7. The quantitative estimate of drug-likeness (QED) is 0.210. The van der Waals surface area contributed by atoms with E-state index in [1.807, 2.05) is 25.7 Å². The zero-order chi connectivity index (χ0) is 36.1. The van der Waals surface area contributed by atoms with E-state index in [2.05, 4.69) is 15.7 Å². The van der Waals surface area contributed by atoms with Crippen LogP contribution >= 0.6 is 0 Å². The van der Waals surface area contributed by atoms with Crippen LogP contribution in [-0.4, -0.2) is 92.5 Å². The fraction of sp³-hybridized carbons (Fsp3) is 0.500. The number of halogens is 3. The summed E-state index contributed by atoms with van der Waals surface area (Å²) in [5.74, 6) is 1.71.